The third-order valence-electron chi connectivity index (χ3n) is 3.30. The van der Waals surface area contributed by atoms with Gasteiger partial charge in [0.1, 0.15) is 6.33 Å². The van der Waals surface area contributed by atoms with Crippen molar-refractivity contribution in [3.63, 3.8) is 0 Å². The first kappa shape index (κ1) is 14.4. The predicted octanol–water partition coefficient (Wildman–Crippen LogP) is 3.08. The molecule has 0 amide bonds. The van der Waals surface area contributed by atoms with E-state index >= 15 is 0 Å². The summed E-state index contributed by atoms with van der Waals surface area (Å²) >= 11 is 0. The van der Waals surface area contributed by atoms with Crippen molar-refractivity contribution in [1.29, 1.82) is 0 Å². The molecule has 5 heteroatoms. The molecule has 0 aliphatic heterocycles. The molecule has 0 fully saturated rings. The van der Waals surface area contributed by atoms with Crippen LogP contribution in [0.4, 0.5) is 0 Å². The van der Waals surface area contributed by atoms with Crippen LogP contribution < -0.4 is 0 Å². The van der Waals surface area contributed by atoms with Gasteiger partial charge in [-0.25, -0.2) is 9.67 Å². The molecule has 0 unspecified atom stereocenters. The number of aromatic nitrogens is 5. The molecule has 0 spiro atoms. The second-order valence-electron chi connectivity index (χ2n) is 6.28. The van der Waals surface area contributed by atoms with Crippen LogP contribution in [0.5, 0.6) is 0 Å². The van der Waals surface area contributed by atoms with Gasteiger partial charge in [-0.05, 0) is 23.8 Å². The molecule has 3 rings (SSSR count). The van der Waals surface area contributed by atoms with E-state index in [1.54, 1.807) is 12.5 Å². The molecular formula is C17H19N5. The van der Waals surface area contributed by atoms with Crippen LogP contribution in [-0.2, 0) is 12.0 Å². The van der Waals surface area contributed by atoms with Gasteiger partial charge in [-0.3, -0.25) is 9.97 Å². The molecule has 3 aromatic heterocycles. The van der Waals surface area contributed by atoms with Crippen molar-refractivity contribution in [3.05, 3.63) is 60.4 Å². The molecule has 0 aliphatic rings. The van der Waals surface area contributed by atoms with Gasteiger partial charge < -0.3 is 0 Å². The summed E-state index contributed by atoms with van der Waals surface area (Å²) in [6.07, 6.45) is 5.41. The van der Waals surface area contributed by atoms with Crippen molar-refractivity contribution in [2.24, 2.45) is 0 Å². The molecular weight excluding hydrogens is 274 g/mol. The molecule has 112 valence electrons. The number of rotatable bonds is 3. The third-order valence-corrected chi connectivity index (χ3v) is 3.30. The highest BCUT2D eigenvalue weighted by atomic mass is 15.3. The van der Waals surface area contributed by atoms with Crippen LogP contribution in [0.3, 0.4) is 0 Å². The minimum absolute atomic E-state index is 0.0354. The normalized spacial score (nSPS) is 11.6. The Balaban J connectivity index is 1.75. The summed E-state index contributed by atoms with van der Waals surface area (Å²) in [6, 6.07) is 9.85. The van der Waals surface area contributed by atoms with Crippen LogP contribution in [0.2, 0.25) is 0 Å². The summed E-state index contributed by atoms with van der Waals surface area (Å²) in [4.78, 5) is 13.1. The molecule has 0 saturated heterocycles. The van der Waals surface area contributed by atoms with Crippen molar-refractivity contribution in [2.75, 3.05) is 0 Å². The monoisotopic (exact) mass is 293 g/mol. The topological polar surface area (TPSA) is 56.5 Å². The van der Waals surface area contributed by atoms with Crippen LogP contribution in [0.15, 0.2) is 49.1 Å². The molecule has 3 heterocycles. The van der Waals surface area contributed by atoms with E-state index in [1.165, 1.54) is 0 Å². The Bertz CT molecular complexity index is 739. The van der Waals surface area contributed by atoms with Crippen LogP contribution in [0, 0.1) is 0 Å². The lowest BCUT2D eigenvalue weighted by molar-refractivity contribution is 0.533. The molecule has 0 radical (unpaired) electrons. The Morgan fingerprint density at radius 3 is 2.36 bits per heavy atom. The van der Waals surface area contributed by atoms with Crippen molar-refractivity contribution in [3.8, 4) is 11.4 Å². The minimum atomic E-state index is -0.0354. The summed E-state index contributed by atoms with van der Waals surface area (Å²) in [5, 5.41) is 4.52. The van der Waals surface area contributed by atoms with E-state index in [9.17, 15) is 0 Å². The maximum absolute atomic E-state index is 4.52. The SMILES string of the molecule is CC(C)(C)c1ncn(Cc2ccc(-c3ccccn3)nc2)n1. The maximum Gasteiger partial charge on any atom is 0.155 e. The highest BCUT2D eigenvalue weighted by Gasteiger charge is 2.18. The summed E-state index contributed by atoms with van der Waals surface area (Å²) in [6.45, 7) is 6.99. The van der Waals surface area contributed by atoms with Crippen LogP contribution in [-0.4, -0.2) is 24.7 Å². The van der Waals surface area contributed by atoms with E-state index in [-0.39, 0.29) is 5.41 Å². The lowest BCUT2D eigenvalue weighted by Gasteiger charge is -2.12. The number of hydrogen-bond donors (Lipinski definition) is 0. The Labute approximate surface area is 130 Å². The zero-order valence-corrected chi connectivity index (χ0v) is 13.1. The lowest BCUT2D eigenvalue weighted by atomic mass is 9.96. The van der Waals surface area contributed by atoms with E-state index in [1.807, 2.05) is 35.1 Å². The van der Waals surface area contributed by atoms with E-state index in [0.29, 0.717) is 6.54 Å². The van der Waals surface area contributed by atoms with Gasteiger partial charge in [0.2, 0.25) is 0 Å². The molecule has 0 saturated carbocycles. The molecule has 0 N–H and O–H groups in total. The zero-order valence-electron chi connectivity index (χ0n) is 13.1. The van der Waals surface area contributed by atoms with Crippen LogP contribution >= 0.6 is 0 Å². The first-order valence-corrected chi connectivity index (χ1v) is 7.29. The first-order valence-electron chi connectivity index (χ1n) is 7.29. The summed E-state index contributed by atoms with van der Waals surface area (Å²) in [5.74, 6) is 0.852. The Hall–Kier alpha value is -2.56. The summed E-state index contributed by atoms with van der Waals surface area (Å²) < 4.78 is 1.85. The van der Waals surface area contributed by atoms with Crippen molar-refractivity contribution in [2.45, 2.75) is 32.7 Å². The van der Waals surface area contributed by atoms with Gasteiger partial charge in [-0.15, -0.1) is 0 Å². The molecule has 22 heavy (non-hydrogen) atoms. The smallest absolute Gasteiger partial charge is 0.155 e. The Kier molecular flexibility index (Phi) is 3.71. The van der Waals surface area contributed by atoms with Crippen molar-refractivity contribution in [1.82, 2.24) is 24.7 Å². The number of hydrogen-bond acceptors (Lipinski definition) is 4. The number of pyridine rings is 2. The van der Waals surface area contributed by atoms with Crippen LogP contribution in [0.1, 0.15) is 32.2 Å². The fourth-order valence-corrected chi connectivity index (χ4v) is 2.09. The highest BCUT2D eigenvalue weighted by Crippen LogP contribution is 2.18. The lowest BCUT2D eigenvalue weighted by Crippen LogP contribution is -2.14. The minimum Gasteiger partial charge on any atom is -0.255 e. The average Bonchev–Trinajstić information content (AvgIpc) is 2.98. The molecule has 0 bridgehead atoms. The molecule has 3 aromatic rings. The largest absolute Gasteiger partial charge is 0.255 e. The molecule has 0 aliphatic carbocycles. The van der Waals surface area contributed by atoms with E-state index in [2.05, 4.69) is 46.9 Å². The summed E-state index contributed by atoms with van der Waals surface area (Å²) in [5.41, 5.74) is 2.81. The zero-order chi connectivity index (χ0) is 15.6. The first-order chi connectivity index (χ1) is 10.5. The van der Waals surface area contributed by atoms with Gasteiger partial charge in [-0.2, -0.15) is 5.10 Å². The second-order valence-corrected chi connectivity index (χ2v) is 6.28. The van der Waals surface area contributed by atoms with Crippen molar-refractivity contribution >= 4 is 0 Å². The third kappa shape index (κ3) is 3.19. The van der Waals surface area contributed by atoms with E-state index in [4.69, 9.17) is 0 Å². The molecule has 0 aromatic carbocycles. The second kappa shape index (κ2) is 5.67. The predicted molar refractivity (Wildman–Crippen MR) is 85.3 cm³/mol. The van der Waals surface area contributed by atoms with Gasteiger partial charge in [0.05, 0.1) is 17.9 Å². The average molecular weight is 293 g/mol. The fourth-order valence-electron chi connectivity index (χ4n) is 2.09. The molecule has 0 atom stereocenters. The van der Waals surface area contributed by atoms with Gasteiger partial charge in [0, 0.05) is 17.8 Å². The highest BCUT2D eigenvalue weighted by molar-refractivity contribution is 5.53. The van der Waals surface area contributed by atoms with Crippen molar-refractivity contribution < 1.29 is 0 Å². The number of nitrogens with zero attached hydrogens (tertiary/aromatic N) is 5. The standard InChI is InChI=1S/C17H19N5/c1-17(2,3)16-20-12-22(21-16)11-13-7-8-15(19-10-13)14-6-4-5-9-18-14/h4-10,12H,11H2,1-3H3. The fraction of sp³-hybridized carbons (Fsp3) is 0.294. The Morgan fingerprint density at radius 2 is 1.77 bits per heavy atom. The van der Waals surface area contributed by atoms with E-state index < -0.39 is 0 Å². The van der Waals surface area contributed by atoms with Gasteiger partial charge in [0.15, 0.2) is 5.82 Å². The molecule has 5 nitrogen and oxygen atoms in total. The maximum atomic E-state index is 4.52. The quantitative estimate of drug-likeness (QED) is 0.744. The van der Waals surface area contributed by atoms with E-state index in [0.717, 1.165) is 22.8 Å². The Morgan fingerprint density at radius 1 is 0.955 bits per heavy atom. The van der Waals surface area contributed by atoms with Gasteiger partial charge in [-0.1, -0.05) is 32.9 Å². The van der Waals surface area contributed by atoms with Crippen LogP contribution in [0.25, 0.3) is 11.4 Å². The van der Waals surface area contributed by atoms with Gasteiger partial charge in [0.25, 0.3) is 0 Å². The van der Waals surface area contributed by atoms with Gasteiger partial charge >= 0.3 is 0 Å². The summed E-state index contributed by atoms with van der Waals surface area (Å²) in [7, 11) is 0.